The van der Waals surface area contributed by atoms with Crippen LogP contribution in [0.5, 0.6) is 11.5 Å². The van der Waals surface area contributed by atoms with E-state index in [0.29, 0.717) is 41.6 Å². The summed E-state index contributed by atoms with van der Waals surface area (Å²) in [7, 11) is -3.28. The van der Waals surface area contributed by atoms with Gasteiger partial charge in [-0.1, -0.05) is 23.7 Å². The summed E-state index contributed by atoms with van der Waals surface area (Å²) in [4.78, 5) is 12.5. The summed E-state index contributed by atoms with van der Waals surface area (Å²) >= 11 is 6.08. The van der Waals surface area contributed by atoms with Gasteiger partial charge in [0, 0.05) is 18.8 Å². The third kappa shape index (κ3) is 5.22. The van der Waals surface area contributed by atoms with E-state index in [4.69, 9.17) is 16.3 Å². The summed E-state index contributed by atoms with van der Waals surface area (Å²) in [5.74, 6) is 0.622. The minimum absolute atomic E-state index is 0.178. The fourth-order valence-electron chi connectivity index (χ4n) is 2.96. The van der Waals surface area contributed by atoms with Crippen molar-refractivity contribution in [2.75, 3.05) is 24.7 Å². The van der Waals surface area contributed by atoms with Gasteiger partial charge >= 0.3 is 0 Å². The molecule has 1 saturated heterocycles. The molecule has 1 unspecified atom stereocenters. The SMILES string of the molecule is CS(=O)(=O)N1CCCC(C(=O)Nc2ccc(Oc3ccccc3Cl)cc2)C1. The molecule has 3 rings (SSSR count). The first-order valence-electron chi connectivity index (χ1n) is 8.61. The van der Waals surface area contributed by atoms with Gasteiger partial charge in [-0.25, -0.2) is 12.7 Å². The predicted molar refractivity (Wildman–Crippen MR) is 106 cm³/mol. The number of anilines is 1. The zero-order valence-corrected chi connectivity index (χ0v) is 16.5. The molecule has 1 aliphatic heterocycles. The predicted octanol–water partition coefficient (Wildman–Crippen LogP) is 3.74. The number of halogens is 1. The number of amides is 1. The quantitative estimate of drug-likeness (QED) is 0.817. The zero-order valence-electron chi connectivity index (χ0n) is 14.9. The molecule has 27 heavy (non-hydrogen) atoms. The number of rotatable bonds is 5. The van der Waals surface area contributed by atoms with Gasteiger partial charge in [0.1, 0.15) is 11.5 Å². The molecule has 6 nitrogen and oxygen atoms in total. The number of ether oxygens (including phenoxy) is 1. The van der Waals surface area contributed by atoms with Crippen molar-refractivity contribution in [2.45, 2.75) is 12.8 Å². The van der Waals surface area contributed by atoms with Crippen LogP contribution >= 0.6 is 11.6 Å². The lowest BCUT2D eigenvalue weighted by Crippen LogP contribution is -2.43. The number of carbonyl (C=O) groups is 1. The maximum atomic E-state index is 12.5. The average Bonchev–Trinajstić information content (AvgIpc) is 2.64. The normalized spacial score (nSPS) is 18.1. The van der Waals surface area contributed by atoms with Crippen molar-refractivity contribution in [1.29, 1.82) is 0 Å². The van der Waals surface area contributed by atoms with Crippen LogP contribution in [0.3, 0.4) is 0 Å². The van der Waals surface area contributed by atoms with Gasteiger partial charge in [0.2, 0.25) is 15.9 Å². The molecule has 1 aliphatic rings. The van der Waals surface area contributed by atoms with E-state index in [1.807, 2.05) is 12.1 Å². The Morgan fingerprint density at radius 2 is 1.89 bits per heavy atom. The molecule has 1 N–H and O–H groups in total. The lowest BCUT2D eigenvalue weighted by Gasteiger charge is -2.30. The molecule has 2 aromatic rings. The average molecular weight is 409 g/mol. The number of nitrogens with zero attached hydrogens (tertiary/aromatic N) is 1. The summed E-state index contributed by atoms with van der Waals surface area (Å²) in [5, 5.41) is 3.36. The summed E-state index contributed by atoms with van der Waals surface area (Å²) < 4.78 is 30.5. The lowest BCUT2D eigenvalue weighted by atomic mass is 9.99. The van der Waals surface area contributed by atoms with E-state index in [9.17, 15) is 13.2 Å². The van der Waals surface area contributed by atoms with E-state index >= 15 is 0 Å². The van der Waals surface area contributed by atoms with Crippen molar-refractivity contribution in [3.63, 3.8) is 0 Å². The minimum atomic E-state index is -3.28. The van der Waals surface area contributed by atoms with E-state index in [1.54, 1.807) is 36.4 Å². The third-order valence-electron chi connectivity index (χ3n) is 4.41. The first-order valence-corrected chi connectivity index (χ1v) is 10.8. The smallest absolute Gasteiger partial charge is 0.228 e. The van der Waals surface area contributed by atoms with Crippen LogP contribution < -0.4 is 10.1 Å². The molecule has 1 amide bonds. The van der Waals surface area contributed by atoms with E-state index in [-0.39, 0.29) is 18.4 Å². The summed E-state index contributed by atoms with van der Waals surface area (Å²) in [6, 6.07) is 14.1. The lowest BCUT2D eigenvalue weighted by molar-refractivity contribution is -0.120. The van der Waals surface area contributed by atoms with Gasteiger partial charge in [0.15, 0.2) is 0 Å². The highest BCUT2D eigenvalue weighted by atomic mass is 35.5. The number of sulfonamides is 1. The van der Waals surface area contributed by atoms with Crippen molar-refractivity contribution >= 4 is 33.2 Å². The van der Waals surface area contributed by atoms with Gasteiger partial charge in [-0.15, -0.1) is 0 Å². The maximum absolute atomic E-state index is 12.5. The Labute approximate surface area is 164 Å². The van der Waals surface area contributed by atoms with E-state index in [1.165, 1.54) is 10.6 Å². The Morgan fingerprint density at radius 1 is 1.19 bits per heavy atom. The zero-order chi connectivity index (χ0) is 19.4. The monoisotopic (exact) mass is 408 g/mol. The molecule has 1 fully saturated rings. The standard InChI is InChI=1S/C19H21ClN2O4S/c1-27(24,25)22-12-4-5-14(13-22)19(23)21-15-8-10-16(11-9-15)26-18-7-3-2-6-17(18)20/h2-3,6-11,14H,4-5,12-13H2,1H3,(H,21,23). The molecule has 0 aromatic heterocycles. The van der Waals surface area contributed by atoms with Crippen LogP contribution in [0.2, 0.25) is 5.02 Å². The largest absolute Gasteiger partial charge is 0.456 e. The number of nitrogens with one attached hydrogen (secondary N) is 1. The molecule has 8 heteroatoms. The number of hydrogen-bond acceptors (Lipinski definition) is 4. The van der Waals surface area contributed by atoms with Crippen LogP contribution in [0.15, 0.2) is 48.5 Å². The van der Waals surface area contributed by atoms with Crippen LogP contribution in [0.25, 0.3) is 0 Å². The molecular formula is C19H21ClN2O4S. The number of para-hydroxylation sites is 1. The van der Waals surface area contributed by atoms with Crippen LogP contribution in [0.1, 0.15) is 12.8 Å². The van der Waals surface area contributed by atoms with Crippen LogP contribution in [-0.2, 0) is 14.8 Å². The van der Waals surface area contributed by atoms with Gasteiger partial charge in [0.25, 0.3) is 0 Å². The van der Waals surface area contributed by atoms with Gasteiger partial charge < -0.3 is 10.1 Å². The van der Waals surface area contributed by atoms with Crippen LogP contribution in [-0.4, -0.2) is 38.0 Å². The van der Waals surface area contributed by atoms with Gasteiger partial charge in [-0.05, 0) is 49.2 Å². The third-order valence-corrected chi connectivity index (χ3v) is 5.99. The van der Waals surface area contributed by atoms with Gasteiger partial charge in [0.05, 0.1) is 17.2 Å². The van der Waals surface area contributed by atoms with E-state index in [0.717, 1.165) is 0 Å². The summed E-state index contributed by atoms with van der Waals surface area (Å²) in [6.07, 6.45) is 2.52. The van der Waals surface area contributed by atoms with E-state index in [2.05, 4.69) is 5.32 Å². The van der Waals surface area contributed by atoms with Crippen molar-refractivity contribution in [2.24, 2.45) is 5.92 Å². The van der Waals surface area contributed by atoms with Crippen LogP contribution in [0, 0.1) is 5.92 Å². The molecule has 1 heterocycles. The molecule has 1 atom stereocenters. The summed E-state index contributed by atoms with van der Waals surface area (Å²) in [5.41, 5.74) is 0.628. The number of benzene rings is 2. The fourth-order valence-corrected chi connectivity index (χ4v) is 4.05. The Hall–Kier alpha value is -2.09. The van der Waals surface area contributed by atoms with Crippen molar-refractivity contribution in [3.8, 4) is 11.5 Å². The number of hydrogen-bond donors (Lipinski definition) is 1. The fraction of sp³-hybridized carbons (Fsp3) is 0.316. The second-order valence-electron chi connectivity index (χ2n) is 6.51. The molecular weight excluding hydrogens is 388 g/mol. The minimum Gasteiger partial charge on any atom is -0.456 e. The molecule has 0 spiro atoms. The Bertz CT molecular complexity index is 916. The van der Waals surface area contributed by atoms with Gasteiger partial charge in [-0.3, -0.25) is 4.79 Å². The van der Waals surface area contributed by atoms with Crippen molar-refractivity contribution in [1.82, 2.24) is 4.31 Å². The summed E-state index contributed by atoms with van der Waals surface area (Å²) in [6.45, 7) is 0.690. The highest BCUT2D eigenvalue weighted by Gasteiger charge is 2.30. The molecule has 2 aromatic carbocycles. The van der Waals surface area contributed by atoms with Crippen molar-refractivity contribution < 1.29 is 17.9 Å². The second kappa shape index (κ2) is 8.29. The first-order chi connectivity index (χ1) is 12.8. The van der Waals surface area contributed by atoms with E-state index < -0.39 is 10.0 Å². The first kappa shape index (κ1) is 19.7. The molecule has 0 bridgehead atoms. The highest BCUT2D eigenvalue weighted by molar-refractivity contribution is 7.88. The molecule has 0 aliphatic carbocycles. The Balaban J connectivity index is 1.61. The Morgan fingerprint density at radius 3 is 2.56 bits per heavy atom. The number of piperidine rings is 1. The number of carbonyl (C=O) groups excluding carboxylic acids is 1. The second-order valence-corrected chi connectivity index (χ2v) is 8.90. The maximum Gasteiger partial charge on any atom is 0.228 e. The van der Waals surface area contributed by atoms with Gasteiger partial charge in [-0.2, -0.15) is 0 Å². The van der Waals surface area contributed by atoms with Crippen molar-refractivity contribution in [3.05, 3.63) is 53.6 Å². The molecule has 144 valence electrons. The molecule has 0 saturated carbocycles. The van der Waals surface area contributed by atoms with Crippen LogP contribution in [0.4, 0.5) is 5.69 Å². The topological polar surface area (TPSA) is 75.7 Å². The highest BCUT2D eigenvalue weighted by Crippen LogP contribution is 2.29. The Kier molecular flexibility index (Phi) is 6.04. The molecule has 0 radical (unpaired) electrons.